The Bertz CT molecular complexity index is 979. The van der Waals surface area contributed by atoms with E-state index in [9.17, 15) is 5.11 Å². The largest absolute Gasteiger partial charge is 0.383 e. The summed E-state index contributed by atoms with van der Waals surface area (Å²) in [5, 5.41) is 16.4. The van der Waals surface area contributed by atoms with Crippen LogP contribution in [-0.4, -0.2) is 33.9 Å². The molecule has 0 amide bonds. The van der Waals surface area contributed by atoms with Gasteiger partial charge >= 0.3 is 0 Å². The van der Waals surface area contributed by atoms with E-state index in [0.717, 1.165) is 16.9 Å². The molecule has 2 aliphatic rings. The zero-order valence-electron chi connectivity index (χ0n) is 16.7. The van der Waals surface area contributed by atoms with Gasteiger partial charge < -0.3 is 14.6 Å². The van der Waals surface area contributed by atoms with Crippen LogP contribution in [0.2, 0.25) is 0 Å². The van der Waals surface area contributed by atoms with E-state index in [2.05, 4.69) is 43.3 Å². The molecule has 5 rings (SSSR count). The molecule has 1 N–H and O–H groups in total. The van der Waals surface area contributed by atoms with Crippen molar-refractivity contribution in [3.63, 3.8) is 0 Å². The van der Waals surface area contributed by atoms with E-state index in [1.807, 2.05) is 28.9 Å². The summed E-state index contributed by atoms with van der Waals surface area (Å²) in [6.45, 7) is 3.35. The second-order valence-electron chi connectivity index (χ2n) is 8.17. The Hall–Kier alpha value is -2.47. The molecule has 150 valence electrons. The minimum atomic E-state index is -0.972. The number of hydrogen-bond acceptors (Lipinski definition) is 4. The van der Waals surface area contributed by atoms with Crippen LogP contribution >= 0.6 is 0 Å². The number of ether oxygens (including phenoxy) is 2. The van der Waals surface area contributed by atoms with Crippen LogP contribution in [0.25, 0.3) is 16.9 Å². The van der Waals surface area contributed by atoms with E-state index in [0.29, 0.717) is 44.6 Å². The number of hydrogen-bond donors (Lipinski definition) is 1. The Balaban J connectivity index is 1.53. The monoisotopic (exact) mass is 390 g/mol. The maximum atomic E-state index is 11.5. The van der Waals surface area contributed by atoms with Gasteiger partial charge in [0, 0.05) is 18.4 Å². The molecule has 1 aliphatic carbocycles. The van der Waals surface area contributed by atoms with Gasteiger partial charge in [0.1, 0.15) is 5.60 Å². The lowest BCUT2D eigenvalue weighted by Crippen LogP contribution is -2.42. The lowest BCUT2D eigenvalue weighted by atomic mass is 9.79. The maximum Gasteiger partial charge on any atom is 0.168 e. The zero-order chi connectivity index (χ0) is 19.9. The molecule has 1 spiro atoms. The normalized spacial score (nSPS) is 20.2. The van der Waals surface area contributed by atoms with Crippen molar-refractivity contribution >= 4 is 0 Å². The Morgan fingerprint density at radius 3 is 2.21 bits per heavy atom. The van der Waals surface area contributed by atoms with E-state index in [1.54, 1.807) is 0 Å². The van der Waals surface area contributed by atoms with Gasteiger partial charge in [0.25, 0.3) is 0 Å². The van der Waals surface area contributed by atoms with E-state index >= 15 is 0 Å². The first-order chi connectivity index (χ1) is 14.1. The number of nitrogens with zero attached hydrogens (tertiary/aromatic N) is 2. The first-order valence-corrected chi connectivity index (χ1v) is 10.3. The quantitative estimate of drug-likeness (QED) is 0.722. The highest BCUT2D eigenvalue weighted by Gasteiger charge is 2.47. The number of rotatable bonds is 3. The van der Waals surface area contributed by atoms with Crippen LogP contribution in [-0.2, 0) is 15.1 Å². The molecule has 0 unspecified atom stereocenters. The fourth-order valence-corrected chi connectivity index (χ4v) is 4.39. The molecular weight excluding hydrogens is 364 g/mol. The van der Waals surface area contributed by atoms with Crippen LogP contribution in [0, 0.1) is 6.92 Å². The molecule has 0 bridgehead atoms. The summed E-state index contributed by atoms with van der Waals surface area (Å²) in [5.74, 6) is -0.506. The van der Waals surface area contributed by atoms with Crippen molar-refractivity contribution in [2.45, 2.75) is 44.0 Å². The number of aromatic nitrogens is 2. The summed E-state index contributed by atoms with van der Waals surface area (Å²) in [5.41, 5.74) is 3.98. The minimum absolute atomic E-state index is 0.506. The van der Waals surface area contributed by atoms with Crippen LogP contribution in [0.5, 0.6) is 0 Å². The molecule has 5 nitrogen and oxygen atoms in total. The van der Waals surface area contributed by atoms with Crippen molar-refractivity contribution in [2.75, 3.05) is 13.2 Å². The second-order valence-corrected chi connectivity index (χ2v) is 8.17. The molecule has 29 heavy (non-hydrogen) atoms. The summed E-state index contributed by atoms with van der Waals surface area (Å²) >= 11 is 0. The van der Waals surface area contributed by atoms with Crippen molar-refractivity contribution in [3.05, 3.63) is 71.9 Å². The Morgan fingerprint density at radius 2 is 1.55 bits per heavy atom. The Labute approximate surface area is 170 Å². The van der Waals surface area contributed by atoms with Gasteiger partial charge in [0.05, 0.1) is 30.3 Å². The van der Waals surface area contributed by atoms with E-state index in [4.69, 9.17) is 14.6 Å². The number of aliphatic hydroxyl groups is 1. The van der Waals surface area contributed by atoms with E-state index < -0.39 is 11.4 Å². The molecule has 5 heteroatoms. The van der Waals surface area contributed by atoms with Crippen LogP contribution in [0.15, 0.2) is 60.7 Å². The molecule has 3 aromatic rings. The molecule has 1 aliphatic heterocycles. The fourth-order valence-electron chi connectivity index (χ4n) is 4.39. The lowest BCUT2D eigenvalue weighted by molar-refractivity contribution is -0.204. The summed E-state index contributed by atoms with van der Waals surface area (Å²) in [6, 6.07) is 20.5. The van der Waals surface area contributed by atoms with E-state index in [-0.39, 0.29) is 0 Å². The highest BCUT2D eigenvalue weighted by molar-refractivity contribution is 5.63. The van der Waals surface area contributed by atoms with Crippen LogP contribution < -0.4 is 0 Å². The highest BCUT2D eigenvalue weighted by Crippen LogP contribution is 2.45. The van der Waals surface area contributed by atoms with E-state index in [1.165, 1.54) is 5.56 Å². The summed E-state index contributed by atoms with van der Waals surface area (Å²) in [7, 11) is 0. The lowest BCUT2D eigenvalue weighted by Gasteiger charge is -2.39. The average molecular weight is 390 g/mol. The van der Waals surface area contributed by atoms with Crippen molar-refractivity contribution in [1.29, 1.82) is 0 Å². The Kier molecular flexibility index (Phi) is 4.54. The van der Waals surface area contributed by atoms with Gasteiger partial charge in [-0.05, 0) is 38.0 Å². The second kappa shape index (κ2) is 7.10. The van der Waals surface area contributed by atoms with Gasteiger partial charge in [-0.1, -0.05) is 48.0 Å². The highest BCUT2D eigenvalue weighted by atomic mass is 16.7. The maximum absolute atomic E-state index is 11.5. The third-order valence-corrected chi connectivity index (χ3v) is 6.19. The number of aryl methyl sites for hydroxylation is 1. The van der Waals surface area contributed by atoms with Crippen molar-refractivity contribution in [2.24, 2.45) is 0 Å². The molecule has 2 heterocycles. The van der Waals surface area contributed by atoms with Crippen LogP contribution in [0.1, 0.15) is 36.9 Å². The molecule has 2 fully saturated rings. The molecule has 2 aromatic carbocycles. The standard InChI is InChI=1S/C24H26N2O3/c1-18-7-9-20(10-8-18)26-21(19-5-3-2-4-6-19)17-22(25-26)23(27)11-13-24(14-12-23)28-15-16-29-24/h2-10,17,27H,11-16H2,1H3. The van der Waals surface area contributed by atoms with Gasteiger partial charge in [-0.3, -0.25) is 0 Å². The summed E-state index contributed by atoms with van der Waals surface area (Å²) in [6.07, 6.45) is 2.52. The van der Waals surface area contributed by atoms with Gasteiger partial charge in [0.15, 0.2) is 5.79 Å². The van der Waals surface area contributed by atoms with Gasteiger partial charge in [-0.2, -0.15) is 5.10 Å². The third kappa shape index (κ3) is 3.39. The first-order valence-electron chi connectivity index (χ1n) is 10.3. The summed E-state index contributed by atoms with van der Waals surface area (Å²) in [4.78, 5) is 0. The van der Waals surface area contributed by atoms with Gasteiger partial charge in [-0.25, -0.2) is 4.68 Å². The molecule has 0 radical (unpaired) electrons. The Morgan fingerprint density at radius 1 is 0.897 bits per heavy atom. The number of benzene rings is 2. The van der Waals surface area contributed by atoms with Gasteiger partial charge in [0.2, 0.25) is 0 Å². The fraction of sp³-hybridized carbons (Fsp3) is 0.375. The van der Waals surface area contributed by atoms with Crippen molar-refractivity contribution in [3.8, 4) is 16.9 Å². The smallest absolute Gasteiger partial charge is 0.168 e. The molecule has 0 atom stereocenters. The molecular formula is C24H26N2O3. The zero-order valence-corrected chi connectivity index (χ0v) is 16.7. The average Bonchev–Trinajstić information content (AvgIpc) is 3.40. The third-order valence-electron chi connectivity index (χ3n) is 6.19. The molecule has 1 saturated heterocycles. The van der Waals surface area contributed by atoms with Crippen LogP contribution in [0.3, 0.4) is 0 Å². The molecule has 1 saturated carbocycles. The molecule has 1 aromatic heterocycles. The topological polar surface area (TPSA) is 56.5 Å². The first kappa shape index (κ1) is 18.6. The predicted octanol–water partition coefficient (Wildman–Crippen LogP) is 4.35. The van der Waals surface area contributed by atoms with Gasteiger partial charge in [-0.15, -0.1) is 0 Å². The van der Waals surface area contributed by atoms with Crippen molar-refractivity contribution < 1.29 is 14.6 Å². The SMILES string of the molecule is Cc1ccc(-n2nc(C3(O)CCC4(CC3)OCCO4)cc2-c2ccccc2)cc1. The summed E-state index contributed by atoms with van der Waals surface area (Å²) < 4.78 is 13.6. The van der Waals surface area contributed by atoms with Crippen LogP contribution in [0.4, 0.5) is 0 Å². The van der Waals surface area contributed by atoms with Crippen molar-refractivity contribution in [1.82, 2.24) is 9.78 Å². The minimum Gasteiger partial charge on any atom is -0.383 e. The predicted molar refractivity (Wildman–Crippen MR) is 111 cm³/mol.